The first-order valence-corrected chi connectivity index (χ1v) is 7.63. The van der Waals surface area contributed by atoms with E-state index in [-0.39, 0.29) is 11.8 Å². The molecule has 1 aliphatic heterocycles. The van der Waals surface area contributed by atoms with Gasteiger partial charge in [-0.1, -0.05) is 13.0 Å². The molecule has 2 rings (SSSR count). The number of hydrogen-bond acceptors (Lipinski definition) is 3. The smallest absolute Gasteiger partial charge is 0.242 e. The quantitative estimate of drug-likeness (QED) is 0.798. The van der Waals surface area contributed by atoms with Crippen molar-refractivity contribution in [3.8, 4) is 0 Å². The van der Waals surface area contributed by atoms with E-state index in [0.29, 0.717) is 19.4 Å². The average Bonchev–Trinajstić information content (AvgIpc) is 3.28. The molecule has 0 radical (unpaired) electrons. The van der Waals surface area contributed by atoms with Gasteiger partial charge in [-0.3, -0.25) is 9.59 Å². The maximum Gasteiger partial charge on any atom is 0.242 e. The highest BCUT2D eigenvalue weighted by Gasteiger charge is 2.58. The van der Waals surface area contributed by atoms with E-state index in [4.69, 9.17) is 0 Å². The molecule has 1 N–H and O–H groups in total. The Balaban J connectivity index is 2.36. The Hall–Kier alpha value is -1.78. The predicted molar refractivity (Wildman–Crippen MR) is 82.2 cm³/mol. The number of rotatable bonds is 4. The Morgan fingerprint density at radius 3 is 2.48 bits per heavy atom. The van der Waals surface area contributed by atoms with Gasteiger partial charge < -0.3 is 15.1 Å². The van der Waals surface area contributed by atoms with Crippen LogP contribution in [0.2, 0.25) is 0 Å². The minimum Gasteiger partial charge on any atom is -0.374 e. The van der Waals surface area contributed by atoms with Crippen LogP contribution in [-0.4, -0.2) is 48.8 Å². The van der Waals surface area contributed by atoms with Gasteiger partial charge in [0.2, 0.25) is 11.8 Å². The third-order valence-electron chi connectivity index (χ3n) is 4.43. The molecule has 2 aliphatic rings. The van der Waals surface area contributed by atoms with E-state index in [0.717, 1.165) is 24.4 Å². The number of carbonyl (C=O) groups excluding carboxylic acids is 2. The van der Waals surface area contributed by atoms with Crippen molar-refractivity contribution in [3.63, 3.8) is 0 Å². The van der Waals surface area contributed by atoms with Crippen LogP contribution in [0.3, 0.4) is 0 Å². The van der Waals surface area contributed by atoms with Crippen molar-refractivity contribution in [1.29, 1.82) is 0 Å². The monoisotopic (exact) mass is 291 g/mol. The van der Waals surface area contributed by atoms with Crippen LogP contribution in [0.25, 0.3) is 0 Å². The van der Waals surface area contributed by atoms with Gasteiger partial charge in [0.1, 0.15) is 5.41 Å². The minimum atomic E-state index is -0.823. The van der Waals surface area contributed by atoms with Crippen molar-refractivity contribution in [2.75, 3.05) is 27.2 Å². The van der Waals surface area contributed by atoms with Gasteiger partial charge in [0.05, 0.1) is 5.70 Å². The van der Waals surface area contributed by atoms with Crippen molar-refractivity contribution < 1.29 is 9.59 Å². The number of carbonyl (C=O) groups is 2. The van der Waals surface area contributed by atoms with Gasteiger partial charge >= 0.3 is 0 Å². The molecule has 21 heavy (non-hydrogen) atoms. The Morgan fingerprint density at radius 2 is 2.00 bits per heavy atom. The van der Waals surface area contributed by atoms with Gasteiger partial charge in [0.15, 0.2) is 0 Å². The third kappa shape index (κ3) is 2.57. The molecule has 0 spiro atoms. The highest BCUT2D eigenvalue weighted by atomic mass is 16.2. The second-order valence-electron chi connectivity index (χ2n) is 5.73. The Bertz CT molecular complexity index is 504. The zero-order chi connectivity index (χ0) is 15.6. The lowest BCUT2D eigenvalue weighted by Gasteiger charge is -2.38. The average molecular weight is 291 g/mol. The summed E-state index contributed by atoms with van der Waals surface area (Å²) in [5.74, 6) is -0.196. The highest BCUT2D eigenvalue weighted by Crippen LogP contribution is 2.48. The van der Waals surface area contributed by atoms with E-state index in [1.165, 1.54) is 0 Å². The van der Waals surface area contributed by atoms with Gasteiger partial charge in [-0.05, 0) is 32.3 Å². The molecule has 116 valence electrons. The maximum atomic E-state index is 12.9. The molecule has 0 aromatic rings. The zero-order valence-electron chi connectivity index (χ0n) is 13.4. The highest BCUT2D eigenvalue weighted by molar-refractivity contribution is 6.08. The molecule has 0 aromatic carbocycles. The number of amides is 2. The van der Waals surface area contributed by atoms with Gasteiger partial charge in [-0.25, -0.2) is 0 Å². The molecule has 1 saturated carbocycles. The fourth-order valence-corrected chi connectivity index (χ4v) is 3.02. The van der Waals surface area contributed by atoms with Crippen LogP contribution in [0.5, 0.6) is 0 Å². The summed E-state index contributed by atoms with van der Waals surface area (Å²) in [6, 6.07) is 0. The molecule has 0 unspecified atom stereocenters. The molecule has 2 amide bonds. The fraction of sp³-hybridized carbons (Fsp3) is 0.625. The van der Waals surface area contributed by atoms with E-state index in [1.807, 2.05) is 19.1 Å². The van der Waals surface area contributed by atoms with Crippen molar-refractivity contribution in [2.45, 2.75) is 33.1 Å². The number of likely N-dealkylation sites (N-methyl/N-ethyl adjacent to an activating group) is 1. The molecule has 0 saturated heterocycles. The van der Waals surface area contributed by atoms with Gasteiger partial charge in [-0.2, -0.15) is 0 Å². The predicted octanol–water partition coefficient (Wildman–Crippen LogP) is 1.48. The third-order valence-corrected chi connectivity index (χ3v) is 4.43. The van der Waals surface area contributed by atoms with Crippen molar-refractivity contribution in [3.05, 3.63) is 23.5 Å². The molecule has 1 heterocycles. The van der Waals surface area contributed by atoms with Gasteiger partial charge in [0, 0.05) is 32.9 Å². The van der Waals surface area contributed by atoms with Crippen molar-refractivity contribution >= 4 is 11.8 Å². The molecule has 1 fully saturated rings. The van der Waals surface area contributed by atoms with E-state index in [1.54, 1.807) is 11.9 Å². The summed E-state index contributed by atoms with van der Waals surface area (Å²) in [7, 11) is 3.65. The Morgan fingerprint density at radius 1 is 1.33 bits per heavy atom. The number of allylic oxidation sites excluding steroid dienone is 3. The Labute approximate surface area is 126 Å². The first-order chi connectivity index (χ1) is 10.0. The summed E-state index contributed by atoms with van der Waals surface area (Å²) in [6.45, 7) is 5.48. The molecule has 1 aliphatic carbocycles. The molecule has 0 bridgehead atoms. The molecule has 5 nitrogen and oxygen atoms in total. The molecule has 0 atom stereocenters. The van der Waals surface area contributed by atoms with Crippen molar-refractivity contribution in [2.24, 2.45) is 5.41 Å². The summed E-state index contributed by atoms with van der Waals surface area (Å²) < 4.78 is 0. The first-order valence-electron chi connectivity index (χ1n) is 7.63. The number of nitrogens with zero attached hydrogens (tertiary/aromatic N) is 2. The summed E-state index contributed by atoms with van der Waals surface area (Å²) in [6.07, 6.45) is 6.11. The van der Waals surface area contributed by atoms with Crippen LogP contribution in [-0.2, 0) is 9.59 Å². The molecule has 5 heteroatoms. The largest absolute Gasteiger partial charge is 0.374 e. The van der Waals surface area contributed by atoms with E-state index in [2.05, 4.69) is 24.2 Å². The van der Waals surface area contributed by atoms with Crippen LogP contribution in [0.15, 0.2) is 23.5 Å². The lowest BCUT2D eigenvalue weighted by Crippen LogP contribution is -2.49. The summed E-state index contributed by atoms with van der Waals surface area (Å²) in [5.41, 5.74) is 1.27. The number of nitrogens with one attached hydrogen (secondary N) is 1. The topological polar surface area (TPSA) is 52.7 Å². The first kappa shape index (κ1) is 15.6. The van der Waals surface area contributed by atoms with Crippen LogP contribution in [0.1, 0.15) is 33.1 Å². The van der Waals surface area contributed by atoms with Crippen LogP contribution in [0, 0.1) is 5.41 Å². The van der Waals surface area contributed by atoms with Crippen LogP contribution in [0.4, 0.5) is 0 Å². The van der Waals surface area contributed by atoms with Crippen LogP contribution < -0.4 is 5.32 Å². The van der Waals surface area contributed by atoms with E-state index >= 15 is 0 Å². The Kier molecular flexibility index (Phi) is 4.40. The summed E-state index contributed by atoms with van der Waals surface area (Å²) in [4.78, 5) is 29.0. The summed E-state index contributed by atoms with van der Waals surface area (Å²) in [5, 5.41) is 2.64. The zero-order valence-corrected chi connectivity index (χ0v) is 13.4. The van der Waals surface area contributed by atoms with Gasteiger partial charge in [0.25, 0.3) is 0 Å². The lowest BCUT2D eigenvalue weighted by atomic mass is 10.0. The second kappa shape index (κ2) is 5.92. The van der Waals surface area contributed by atoms with E-state index in [9.17, 15) is 9.59 Å². The van der Waals surface area contributed by atoms with Gasteiger partial charge in [-0.15, -0.1) is 0 Å². The molecule has 0 aromatic heterocycles. The second-order valence-corrected chi connectivity index (χ2v) is 5.73. The summed E-state index contributed by atoms with van der Waals surface area (Å²) >= 11 is 0. The standard InChI is InChI=1S/C16H25N3O2/c1-5-7-13-12(6-2)18(4)10-11-19(13)15(21)16(8-9-16)14(20)17-3/h5,7H,6,8-11H2,1-4H3,(H,17,20)/b7-5-. The lowest BCUT2D eigenvalue weighted by molar-refractivity contribution is -0.142. The van der Waals surface area contributed by atoms with E-state index < -0.39 is 5.41 Å². The maximum absolute atomic E-state index is 12.9. The SMILES string of the molecule is C/C=C\C1=C(CC)N(C)CCN1C(=O)C1(C(=O)NC)CC1. The fourth-order valence-electron chi connectivity index (χ4n) is 3.02. The number of hydrogen-bond donors (Lipinski definition) is 1. The van der Waals surface area contributed by atoms with Crippen LogP contribution >= 0.6 is 0 Å². The van der Waals surface area contributed by atoms with Crippen molar-refractivity contribution in [1.82, 2.24) is 15.1 Å². The normalized spacial score (nSPS) is 21.0. The molecular formula is C16H25N3O2. The molecular weight excluding hydrogens is 266 g/mol. The minimum absolute atomic E-state index is 0.0472.